The largest absolute Gasteiger partial charge is 0.456 e. The van der Waals surface area contributed by atoms with Gasteiger partial charge in [-0.05, 0) is 17.9 Å². The maximum Gasteiger partial charge on any atom is 0.170 e. The molecule has 1 heterocycles. The monoisotopic (exact) mass is 235 g/mol. The van der Waals surface area contributed by atoms with E-state index in [2.05, 4.69) is 20.8 Å². The lowest BCUT2D eigenvalue weighted by molar-refractivity contribution is 0.495. The molecule has 0 aliphatic heterocycles. The summed E-state index contributed by atoms with van der Waals surface area (Å²) in [5.41, 5.74) is 7.50. The SMILES string of the molecule is Cc1ccc2c(C(C)(C)C)c(CN)oc2c1F. The first-order valence-corrected chi connectivity index (χ1v) is 5.77. The molecule has 0 amide bonds. The predicted octanol–water partition coefficient (Wildman–Crippen LogP) is 3.64. The second-order valence-electron chi connectivity index (χ2n) is 5.43. The first-order chi connectivity index (χ1) is 7.86. The van der Waals surface area contributed by atoms with Crippen LogP contribution in [0.15, 0.2) is 16.5 Å². The lowest BCUT2D eigenvalue weighted by atomic mass is 9.84. The van der Waals surface area contributed by atoms with E-state index in [-0.39, 0.29) is 11.2 Å². The molecule has 3 heteroatoms. The molecule has 0 unspecified atom stereocenters. The number of hydrogen-bond donors (Lipinski definition) is 1. The second-order valence-corrected chi connectivity index (χ2v) is 5.43. The average molecular weight is 235 g/mol. The van der Waals surface area contributed by atoms with Crippen molar-refractivity contribution in [2.24, 2.45) is 5.73 Å². The van der Waals surface area contributed by atoms with Crippen molar-refractivity contribution in [3.8, 4) is 0 Å². The van der Waals surface area contributed by atoms with E-state index >= 15 is 0 Å². The van der Waals surface area contributed by atoms with Crippen molar-refractivity contribution < 1.29 is 8.81 Å². The van der Waals surface area contributed by atoms with Gasteiger partial charge in [0.25, 0.3) is 0 Å². The van der Waals surface area contributed by atoms with Gasteiger partial charge in [0.15, 0.2) is 11.4 Å². The van der Waals surface area contributed by atoms with Crippen molar-refractivity contribution in [3.63, 3.8) is 0 Å². The summed E-state index contributed by atoms with van der Waals surface area (Å²) >= 11 is 0. The van der Waals surface area contributed by atoms with E-state index in [1.54, 1.807) is 13.0 Å². The minimum Gasteiger partial charge on any atom is -0.456 e. The summed E-state index contributed by atoms with van der Waals surface area (Å²) in [4.78, 5) is 0. The van der Waals surface area contributed by atoms with Gasteiger partial charge in [-0.3, -0.25) is 0 Å². The van der Waals surface area contributed by atoms with Crippen LogP contribution in [0.5, 0.6) is 0 Å². The topological polar surface area (TPSA) is 39.2 Å². The predicted molar refractivity (Wildman–Crippen MR) is 67.5 cm³/mol. The minimum atomic E-state index is -0.285. The van der Waals surface area contributed by atoms with E-state index in [1.807, 2.05) is 6.07 Å². The molecule has 0 atom stereocenters. The average Bonchev–Trinajstić information content (AvgIpc) is 2.62. The van der Waals surface area contributed by atoms with Crippen molar-refractivity contribution in [1.29, 1.82) is 0 Å². The lowest BCUT2D eigenvalue weighted by Crippen LogP contribution is -2.14. The zero-order chi connectivity index (χ0) is 12.8. The number of benzene rings is 1. The zero-order valence-electron chi connectivity index (χ0n) is 10.7. The Hall–Kier alpha value is -1.35. The number of rotatable bonds is 1. The van der Waals surface area contributed by atoms with Crippen molar-refractivity contribution in [2.45, 2.75) is 39.7 Å². The quantitative estimate of drug-likeness (QED) is 0.819. The highest BCUT2D eigenvalue weighted by molar-refractivity contribution is 5.84. The zero-order valence-corrected chi connectivity index (χ0v) is 10.7. The molecule has 0 aliphatic carbocycles. The maximum absolute atomic E-state index is 14.0. The Labute approximate surface area is 101 Å². The Bertz CT molecular complexity index is 564. The van der Waals surface area contributed by atoms with E-state index in [1.165, 1.54) is 0 Å². The summed E-state index contributed by atoms with van der Waals surface area (Å²) in [7, 11) is 0. The number of aryl methyl sites for hydroxylation is 1. The number of hydrogen-bond acceptors (Lipinski definition) is 2. The molecule has 0 bridgehead atoms. The molecule has 0 fully saturated rings. The summed E-state index contributed by atoms with van der Waals surface area (Å²) in [6.07, 6.45) is 0. The van der Waals surface area contributed by atoms with Crippen LogP contribution in [-0.4, -0.2) is 0 Å². The molecule has 2 rings (SSSR count). The summed E-state index contributed by atoms with van der Waals surface area (Å²) in [5.74, 6) is 0.393. The third-order valence-electron chi connectivity index (χ3n) is 3.00. The highest BCUT2D eigenvalue weighted by Gasteiger charge is 2.26. The molecule has 0 radical (unpaired) electrons. The van der Waals surface area contributed by atoms with Crippen molar-refractivity contribution >= 4 is 11.0 Å². The lowest BCUT2D eigenvalue weighted by Gasteiger charge is -2.18. The van der Waals surface area contributed by atoms with Crippen molar-refractivity contribution in [1.82, 2.24) is 0 Å². The third kappa shape index (κ3) is 1.84. The molecule has 1 aromatic heterocycles. The molecule has 2 aromatic rings. The summed E-state index contributed by atoms with van der Waals surface area (Å²) < 4.78 is 19.6. The van der Waals surface area contributed by atoms with Crippen LogP contribution in [0.3, 0.4) is 0 Å². The van der Waals surface area contributed by atoms with Gasteiger partial charge < -0.3 is 10.2 Å². The van der Waals surface area contributed by atoms with E-state index in [0.717, 1.165) is 10.9 Å². The second kappa shape index (κ2) is 3.84. The smallest absolute Gasteiger partial charge is 0.170 e. The molecular formula is C14H18FNO. The molecule has 0 saturated heterocycles. The van der Waals surface area contributed by atoms with E-state index in [9.17, 15) is 4.39 Å². The van der Waals surface area contributed by atoms with Crippen LogP contribution in [0.25, 0.3) is 11.0 Å². The molecule has 0 aliphatic rings. The molecular weight excluding hydrogens is 217 g/mol. The fourth-order valence-electron chi connectivity index (χ4n) is 2.24. The van der Waals surface area contributed by atoms with Gasteiger partial charge in [-0.25, -0.2) is 4.39 Å². The van der Waals surface area contributed by atoms with Crippen LogP contribution in [0.2, 0.25) is 0 Å². The summed E-state index contributed by atoms with van der Waals surface area (Å²) in [6.45, 7) is 8.26. The Morgan fingerprint density at radius 2 is 1.94 bits per heavy atom. The van der Waals surface area contributed by atoms with Gasteiger partial charge in [0, 0.05) is 10.9 Å². The van der Waals surface area contributed by atoms with Crippen LogP contribution in [0, 0.1) is 12.7 Å². The first-order valence-electron chi connectivity index (χ1n) is 5.77. The Kier molecular flexibility index (Phi) is 2.74. The normalized spacial score (nSPS) is 12.4. The first kappa shape index (κ1) is 12.1. The van der Waals surface area contributed by atoms with Gasteiger partial charge in [0.2, 0.25) is 0 Å². The molecule has 92 valence electrons. The van der Waals surface area contributed by atoms with E-state index in [4.69, 9.17) is 10.2 Å². The Morgan fingerprint density at radius 1 is 1.29 bits per heavy atom. The molecule has 17 heavy (non-hydrogen) atoms. The van der Waals surface area contributed by atoms with Gasteiger partial charge in [-0.1, -0.05) is 32.9 Å². The van der Waals surface area contributed by atoms with Crippen LogP contribution in [0.1, 0.15) is 37.7 Å². The Morgan fingerprint density at radius 3 is 2.47 bits per heavy atom. The minimum absolute atomic E-state index is 0.109. The molecule has 2 nitrogen and oxygen atoms in total. The fraction of sp³-hybridized carbons (Fsp3) is 0.429. The van der Waals surface area contributed by atoms with Crippen molar-refractivity contribution in [3.05, 3.63) is 34.8 Å². The number of nitrogens with two attached hydrogens (primary N) is 1. The molecule has 0 saturated carbocycles. The van der Waals surface area contributed by atoms with Crippen LogP contribution in [0.4, 0.5) is 4.39 Å². The molecule has 0 spiro atoms. The van der Waals surface area contributed by atoms with Gasteiger partial charge >= 0.3 is 0 Å². The van der Waals surface area contributed by atoms with Gasteiger partial charge in [-0.15, -0.1) is 0 Å². The highest BCUT2D eigenvalue weighted by Crippen LogP contribution is 2.37. The molecule has 1 aromatic carbocycles. The maximum atomic E-state index is 14.0. The van der Waals surface area contributed by atoms with Gasteiger partial charge in [-0.2, -0.15) is 0 Å². The van der Waals surface area contributed by atoms with Crippen LogP contribution < -0.4 is 5.73 Å². The number of fused-ring (bicyclic) bond motifs is 1. The Balaban J connectivity index is 2.87. The standard InChI is InChI=1S/C14H18FNO/c1-8-5-6-9-11(14(2,3)4)10(7-16)17-13(9)12(8)15/h5-6H,7,16H2,1-4H3. The summed E-state index contributed by atoms with van der Waals surface area (Å²) in [5, 5.41) is 0.834. The van der Waals surface area contributed by atoms with Crippen molar-refractivity contribution in [2.75, 3.05) is 0 Å². The van der Waals surface area contributed by atoms with E-state index in [0.29, 0.717) is 23.5 Å². The highest BCUT2D eigenvalue weighted by atomic mass is 19.1. The fourth-order valence-corrected chi connectivity index (χ4v) is 2.24. The number of halogens is 1. The van der Waals surface area contributed by atoms with Gasteiger partial charge in [0.1, 0.15) is 5.76 Å². The van der Waals surface area contributed by atoms with E-state index < -0.39 is 0 Å². The van der Waals surface area contributed by atoms with Gasteiger partial charge in [0.05, 0.1) is 6.54 Å². The summed E-state index contributed by atoms with van der Waals surface area (Å²) in [6, 6.07) is 3.69. The molecule has 2 N–H and O–H groups in total. The van der Waals surface area contributed by atoms with Crippen LogP contribution >= 0.6 is 0 Å². The van der Waals surface area contributed by atoms with Crippen LogP contribution in [-0.2, 0) is 12.0 Å². The third-order valence-corrected chi connectivity index (χ3v) is 3.00. The number of furan rings is 1.